The molecule has 2 aromatic rings. The summed E-state index contributed by atoms with van der Waals surface area (Å²) in [5.41, 5.74) is 2.51. The van der Waals surface area contributed by atoms with Crippen molar-refractivity contribution in [1.82, 2.24) is 19.9 Å². The van der Waals surface area contributed by atoms with Gasteiger partial charge in [0.25, 0.3) is 0 Å². The highest BCUT2D eigenvalue weighted by Crippen LogP contribution is 2.22. The molecule has 2 aliphatic heterocycles. The molecule has 0 bridgehead atoms. The standard InChI is InChI=1S/C20H27N5/c1-2-12-25(11-1)20-22-9-7-19(23-20)16-24-10-4-6-18(15-24)13-17-5-3-8-21-14-17/h3,5,7-9,14,18H,1-2,4,6,10-13,15-16H2/t18-/m0/s1. The molecule has 0 spiro atoms. The molecule has 2 fully saturated rings. The Labute approximate surface area is 150 Å². The number of nitrogens with zero attached hydrogens (tertiary/aromatic N) is 5. The SMILES string of the molecule is c1cncc(C[C@@H]2CCCN(Cc3ccnc(N4CCCC4)n3)C2)c1. The number of piperidine rings is 1. The van der Waals surface area contributed by atoms with Crippen LogP contribution in [-0.2, 0) is 13.0 Å². The molecule has 0 aliphatic carbocycles. The molecule has 25 heavy (non-hydrogen) atoms. The van der Waals surface area contributed by atoms with Gasteiger partial charge < -0.3 is 4.90 Å². The van der Waals surface area contributed by atoms with Crippen molar-refractivity contribution >= 4 is 5.95 Å². The predicted molar refractivity (Wildman–Crippen MR) is 99.4 cm³/mol. The minimum atomic E-state index is 0.720. The third kappa shape index (κ3) is 4.34. The number of likely N-dealkylation sites (tertiary alicyclic amines) is 1. The highest BCUT2D eigenvalue weighted by Gasteiger charge is 2.21. The maximum absolute atomic E-state index is 4.82. The molecule has 5 nitrogen and oxygen atoms in total. The second-order valence-electron chi connectivity index (χ2n) is 7.35. The highest BCUT2D eigenvalue weighted by atomic mass is 15.3. The average Bonchev–Trinajstić information content (AvgIpc) is 3.18. The smallest absolute Gasteiger partial charge is 0.225 e. The van der Waals surface area contributed by atoms with Crippen LogP contribution in [0, 0.1) is 5.92 Å². The maximum atomic E-state index is 4.82. The summed E-state index contributed by atoms with van der Waals surface area (Å²) < 4.78 is 0. The number of hydrogen-bond acceptors (Lipinski definition) is 5. The largest absolute Gasteiger partial charge is 0.341 e. The lowest BCUT2D eigenvalue weighted by molar-refractivity contribution is 0.165. The zero-order valence-corrected chi connectivity index (χ0v) is 14.8. The van der Waals surface area contributed by atoms with Crippen molar-refractivity contribution in [3.8, 4) is 0 Å². The monoisotopic (exact) mass is 337 g/mol. The van der Waals surface area contributed by atoms with Crippen LogP contribution in [0.4, 0.5) is 5.95 Å². The summed E-state index contributed by atoms with van der Waals surface area (Å²) >= 11 is 0. The summed E-state index contributed by atoms with van der Waals surface area (Å²) in [6.45, 7) is 5.46. The molecule has 0 aromatic carbocycles. The molecule has 2 saturated heterocycles. The quantitative estimate of drug-likeness (QED) is 0.839. The van der Waals surface area contributed by atoms with Gasteiger partial charge in [-0.2, -0.15) is 0 Å². The molecule has 1 atom stereocenters. The molecule has 4 rings (SSSR count). The third-order valence-corrected chi connectivity index (χ3v) is 5.33. The van der Waals surface area contributed by atoms with Gasteiger partial charge in [0.1, 0.15) is 0 Å². The molecule has 0 saturated carbocycles. The number of aromatic nitrogens is 3. The number of rotatable bonds is 5. The Morgan fingerprint density at radius 1 is 1.04 bits per heavy atom. The van der Waals surface area contributed by atoms with Gasteiger partial charge in [0, 0.05) is 44.8 Å². The minimum absolute atomic E-state index is 0.720. The van der Waals surface area contributed by atoms with Crippen molar-refractivity contribution in [3.63, 3.8) is 0 Å². The molecule has 5 heteroatoms. The molecule has 0 N–H and O–H groups in total. The van der Waals surface area contributed by atoms with Crippen LogP contribution in [0.2, 0.25) is 0 Å². The van der Waals surface area contributed by atoms with Crippen LogP contribution in [0.5, 0.6) is 0 Å². The van der Waals surface area contributed by atoms with Crippen molar-refractivity contribution in [3.05, 3.63) is 48.0 Å². The Morgan fingerprint density at radius 2 is 1.96 bits per heavy atom. The average molecular weight is 337 g/mol. The van der Waals surface area contributed by atoms with E-state index in [0.29, 0.717) is 0 Å². The first kappa shape index (κ1) is 16.5. The van der Waals surface area contributed by atoms with E-state index < -0.39 is 0 Å². The van der Waals surface area contributed by atoms with Crippen molar-refractivity contribution in [2.45, 2.75) is 38.6 Å². The topological polar surface area (TPSA) is 45.2 Å². The van der Waals surface area contributed by atoms with E-state index >= 15 is 0 Å². The van der Waals surface area contributed by atoms with E-state index in [0.717, 1.165) is 50.2 Å². The fourth-order valence-electron chi connectivity index (χ4n) is 4.08. The third-order valence-electron chi connectivity index (χ3n) is 5.33. The van der Waals surface area contributed by atoms with E-state index in [1.54, 1.807) is 0 Å². The van der Waals surface area contributed by atoms with Gasteiger partial charge in [0.15, 0.2) is 0 Å². The van der Waals surface area contributed by atoms with Crippen LogP contribution in [0.25, 0.3) is 0 Å². The van der Waals surface area contributed by atoms with Crippen LogP contribution < -0.4 is 4.90 Å². The van der Waals surface area contributed by atoms with Gasteiger partial charge in [-0.1, -0.05) is 6.07 Å². The normalized spacial score (nSPS) is 21.6. The Balaban J connectivity index is 1.36. The molecule has 2 aliphatic rings. The van der Waals surface area contributed by atoms with Crippen molar-refractivity contribution in [2.75, 3.05) is 31.1 Å². The minimum Gasteiger partial charge on any atom is -0.341 e. The lowest BCUT2D eigenvalue weighted by Gasteiger charge is -2.32. The van der Waals surface area contributed by atoms with Gasteiger partial charge in [0.2, 0.25) is 5.95 Å². The summed E-state index contributed by atoms with van der Waals surface area (Å²) in [4.78, 5) is 18.4. The summed E-state index contributed by atoms with van der Waals surface area (Å²) in [6, 6.07) is 6.31. The first-order valence-electron chi connectivity index (χ1n) is 9.55. The van der Waals surface area contributed by atoms with Gasteiger partial charge in [-0.3, -0.25) is 9.88 Å². The summed E-state index contributed by atoms with van der Waals surface area (Å²) in [5.74, 6) is 1.64. The zero-order chi connectivity index (χ0) is 16.9. The van der Waals surface area contributed by atoms with Crippen molar-refractivity contribution in [1.29, 1.82) is 0 Å². The zero-order valence-electron chi connectivity index (χ0n) is 14.8. The first-order chi connectivity index (χ1) is 12.4. The number of anilines is 1. The lowest BCUT2D eigenvalue weighted by atomic mass is 9.92. The Kier molecular flexibility index (Phi) is 5.21. The van der Waals surface area contributed by atoms with Crippen LogP contribution in [-0.4, -0.2) is 46.0 Å². The summed E-state index contributed by atoms with van der Waals surface area (Å²) in [5, 5.41) is 0. The van der Waals surface area contributed by atoms with Crippen LogP contribution in [0.1, 0.15) is 36.9 Å². The van der Waals surface area contributed by atoms with E-state index in [-0.39, 0.29) is 0 Å². The van der Waals surface area contributed by atoms with Gasteiger partial charge in [0.05, 0.1) is 5.69 Å². The number of pyridine rings is 1. The Bertz CT molecular complexity index is 669. The lowest BCUT2D eigenvalue weighted by Crippen LogP contribution is -2.36. The van der Waals surface area contributed by atoms with E-state index in [1.807, 2.05) is 24.7 Å². The van der Waals surface area contributed by atoms with Crippen molar-refractivity contribution in [2.24, 2.45) is 5.92 Å². The van der Waals surface area contributed by atoms with E-state index in [4.69, 9.17) is 4.98 Å². The molecule has 2 aromatic heterocycles. The number of hydrogen-bond donors (Lipinski definition) is 0. The second-order valence-corrected chi connectivity index (χ2v) is 7.35. The molecule has 0 unspecified atom stereocenters. The molecular formula is C20H27N5. The molecule has 4 heterocycles. The van der Waals surface area contributed by atoms with Crippen LogP contribution >= 0.6 is 0 Å². The van der Waals surface area contributed by atoms with Gasteiger partial charge in [-0.05, 0) is 62.3 Å². The van der Waals surface area contributed by atoms with Crippen molar-refractivity contribution < 1.29 is 0 Å². The Hall–Kier alpha value is -2.01. The highest BCUT2D eigenvalue weighted by molar-refractivity contribution is 5.31. The summed E-state index contributed by atoms with van der Waals surface area (Å²) in [7, 11) is 0. The van der Waals surface area contributed by atoms with Gasteiger partial charge >= 0.3 is 0 Å². The van der Waals surface area contributed by atoms with Gasteiger partial charge in [-0.25, -0.2) is 9.97 Å². The van der Waals surface area contributed by atoms with E-state index in [2.05, 4.69) is 31.9 Å². The molecule has 0 amide bonds. The fraction of sp³-hybridized carbons (Fsp3) is 0.550. The van der Waals surface area contributed by atoms with Gasteiger partial charge in [-0.15, -0.1) is 0 Å². The second kappa shape index (κ2) is 7.91. The van der Waals surface area contributed by atoms with E-state index in [1.165, 1.54) is 37.8 Å². The van der Waals surface area contributed by atoms with Crippen LogP contribution in [0.15, 0.2) is 36.8 Å². The Morgan fingerprint density at radius 3 is 2.80 bits per heavy atom. The molecule has 0 radical (unpaired) electrons. The predicted octanol–water partition coefficient (Wildman–Crippen LogP) is 2.93. The first-order valence-corrected chi connectivity index (χ1v) is 9.55. The van der Waals surface area contributed by atoms with Crippen LogP contribution in [0.3, 0.4) is 0 Å². The summed E-state index contributed by atoms with van der Waals surface area (Å²) in [6.07, 6.45) is 12.0. The molecular weight excluding hydrogens is 310 g/mol. The van der Waals surface area contributed by atoms with E-state index in [9.17, 15) is 0 Å². The molecule has 132 valence electrons. The fourth-order valence-corrected chi connectivity index (χ4v) is 4.08. The maximum Gasteiger partial charge on any atom is 0.225 e.